The lowest BCUT2D eigenvalue weighted by atomic mass is 9.56. The number of rotatable bonds is 5. The Hall–Kier alpha value is -6.26. The van der Waals surface area contributed by atoms with E-state index in [9.17, 15) is 0 Å². The summed E-state index contributed by atoms with van der Waals surface area (Å²) in [4.78, 5) is 0. The molecule has 0 N–H and O–H groups in total. The summed E-state index contributed by atoms with van der Waals surface area (Å²) in [5.74, 6) is 1.28. The topological polar surface area (TPSA) is 17.6 Å². The summed E-state index contributed by atoms with van der Waals surface area (Å²) < 4.78 is 10.4. The zero-order valence-electron chi connectivity index (χ0n) is 33.8. The molecular weight excluding hydrogens is 705 g/mol. The van der Waals surface area contributed by atoms with Gasteiger partial charge in [0.05, 0.1) is 22.7 Å². The van der Waals surface area contributed by atoms with Crippen LogP contribution in [-0.4, -0.2) is 9.25 Å². The maximum atomic E-state index is 2.77. The zero-order valence-corrected chi connectivity index (χ0v) is 33.8. The van der Waals surface area contributed by atoms with Gasteiger partial charge >= 0.3 is 0 Å². The van der Waals surface area contributed by atoms with E-state index in [0.29, 0.717) is 0 Å². The molecule has 6 aromatic carbocycles. The van der Waals surface area contributed by atoms with Gasteiger partial charge in [-0.3, -0.25) is 0 Å². The van der Waals surface area contributed by atoms with E-state index in [2.05, 4.69) is 217 Å². The number of fused-ring (bicyclic) bond motifs is 15. The number of hydrogen-bond donors (Lipinski definition) is 0. The van der Waals surface area contributed by atoms with Gasteiger partial charge in [0.15, 0.2) is 11.7 Å². The van der Waals surface area contributed by atoms with Crippen molar-refractivity contribution in [2.24, 2.45) is 0 Å². The van der Waals surface area contributed by atoms with E-state index in [1.165, 1.54) is 78.4 Å². The highest BCUT2D eigenvalue weighted by molar-refractivity contribution is 5.86. The van der Waals surface area contributed by atoms with E-state index in [4.69, 9.17) is 0 Å². The van der Waals surface area contributed by atoms with E-state index in [1.807, 2.05) is 0 Å². The molecule has 0 saturated heterocycles. The molecule has 3 unspecified atom stereocenters. The molecule has 12 rings (SSSR count). The van der Waals surface area contributed by atoms with Crippen LogP contribution in [0.15, 0.2) is 170 Å². The highest BCUT2D eigenvalue weighted by Gasteiger charge is 2.81. The van der Waals surface area contributed by atoms with Crippen LogP contribution in [0.1, 0.15) is 84.0 Å². The third-order valence-electron chi connectivity index (χ3n) is 15.5. The summed E-state index contributed by atoms with van der Waals surface area (Å²) in [7, 11) is 0. The highest BCUT2D eigenvalue weighted by atomic mass is 15.5. The van der Waals surface area contributed by atoms with Crippen LogP contribution in [-0.2, 0) is 21.9 Å². The lowest BCUT2D eigenvalue weighted by Gasteiger charge is -2.50. The molecule has 8 aromatic rings. The Morgan fingerprint density at radius 3 is 1.90 bits per heavy atom. The van der Waals surface area contributed by atoms with Gasteiger partial charge in [0, 0.05) is 17.9 Å². The van der Waals surface area contributed by atoms with Crippen molar-refractivity contribution in [3.05, 3.63) is 215 Å². The van der Waals surface area contributed by atoms with E-state index in [1.54, 1.807) is 0 Å². The largest absolute Gasteiger partial charge is 0.295 e. The molecule has 4 aliphatic rings. The minimum absolute atomic E-state index is 0.119. The highest BCUT2D eigenvalue weighted by Crippen LogP contribution is 2.67. The molecule has 282 valence electrons. The molecule has 1 fully saturated rings. The van der Waals surface area contributed by atoms with Crippen LogP contribution in [0, 0.1) is 13.8 Å². The molecule has 2 aliphatic carbocycles. The molecule has 0 amide bonds. The van der Waals surface area contributed by atoms with Gasteiger partial charge in [0.25, 0.3) is 11.4 Å². The molecular formula is C54H48N4+2. The summed E-state index contributed by atoms with van der Waals surface area (Å²) in [6, 6.07) is 55.5. The van der Waals surface area contributed by atoms with Crippen molar-refractivity contribution < 1.29 is 9.25 Å². The molecule has 4 nitrogen and oxygen atoms in total. The molecule has 2 aliphatic heterocycles. The predicted octanol–water partition coefficient (Wildman–Crippen LogP) is 10.8. The average Bonchev–Trinajstić information content (AvgIpc) is 4.09. The fourth-order valence-corrected chi connectivity index (χ4v) is 13.5. The second-order valence-electron chi connectivity index (χ2n) is 17.3. The normalized spacial score (nSPS) is 22.5. The van der Waals surface area contributed by atoms with Crippen LogP contribution < -0.4 is 9.25 Å². The Bertz CT molecular complexity index is 2920. The molecule has 0 radical (unpaired) electrons. The SMILES string of the molecule is CCC12CCC3(c4cc(C5(c6ccccc6)c6ccccc6-c6ccccc65)ccc4-n4ccc[n+]43)C1(CC)[n+]1ccn(-c3c(C)cccc3C)c1-c1ccccc12. The molecule has 1 spiro atoms. The zero-order chi connectivity index (χ0) is 39.0. The average molecular weight is 753 g/mol. The lowest BCUT2D eigenvalue weighted by molar-refractivity contribution is -0.893. The first-order chi connectivity index (χ1) is 28.5. The minimum Gasteiger partial charge on any atom is -0.216 e. The molecule has 4 heteroatoms. The smallest absolute Gasteiger partial charge is 0.216 e. The van der Waals surface area contributed by atoms with Crippen molar-refractivity contribution in [2.75, 3.05) is 0 Å². The summed E-state index contributed by atoms with van der Waals surface area (Å²) in [6.45, 7) is 9.46. The number of aromatic nitrogens is 4. The van der Waals surface area contributed by atoms with E-state index >= 15 is 0 Å². The Kier molecular flexibility index (Phi) is 6.81. The maximum absolute atomic E-state index is 2.77. The van der Waals surface area contributed by atoms with Crippen molar-refractivity contribution in [1.82, 2.24) is 9.25 Å². The van der Waals surface area contributed by atoms with Gasteiger partial charge < -0.3 is 0 Å². The van der Waals surface area contributed by atoms with Crippen LogP contribution >= 0.6 is 0 Å². The number of benzene rings is 6. The van der Waals surface area contributed by atoms with E-state index in [-0.39, 0.29) is 16.5 Å². The second kappa shape index (κ2) is 11.7. The molecule has 2 aromatic heterocycles. The van der Waals surface area contributed by atoms with Crippen molar-refractivity contribution in [3.63, 3.8) is 0 Å². The first kappa shape index (κ1) is 33.8. The van der Waals surface area contributed by atoms with Gasteiger partial charge in [-0.05, 0) is 101 Å². The van der Waals surface area contributed by atoms with Crippen LogP contribution in [0.5, 0.6) is 0 Å². The van der Waals surface area contributed by atoms with E-state index in [0.717, 1.165) is 25.7 Å². The molecule has 1 saturated carbocycles. The second-order valence-corrected chi connectivity index (χ2v) is 17.3. The van der Waals surface area contributed by atoms with Gasteiger partial charge in [0.2, 0.25) is 0 Å². The third-order valence-corrected chi connectivity index (χ3v) is 15.5. The third kappa shape index (κ3) is 3.66. The van der Waals surface area contributed by atoms with Crippen molar-refractivity contribution in [2.45, 2.75) is 75.3 Å². The van der Waals surface area contributed by atoms with E-state index < -0.39 is 5.41 Å². The molecule has 3 atom stereocenters. The van der Waals surface area contributed by atoms with Crippen molar-refractivity contribution in [1.29, 1.82) is 0 Å². The van der Waals surface area contributed by atoms with Crippen LogP contribution in [0.25, 0.3) is 33.9 Å². The van der Waals surface area contributed by atoms with Gasteiger partial charge in [0.1, 0.15) is 23.8 Å². The number of imidazole rings is 1. The maximum Gasteiger partial charge on any atom is 0.295 e. The Balaban J connectivity index is 1.20. The Labute approximate surface area is 341 Å². The molecule has 0 bridgehead atoms. The number of hydrogen-bond acceptors (Lipinski definition) is 0. The van der Waals surface area contributed by atoms with Gasteiger partial charge in [-0.2, -0.15) is 4.57 Å². The van der Waals surface area contributed by atoms with Crippen molar-refractivity contribution in [3.8, 4) is 33.9 Å². The summed E-state index contributed by atoms with van der Waals surface area (Å²) in [6.07, 6.45) is 13.6. The summed E-state index contributed by atoms with van der Waals surface area (Å²) in [5, 5.41) is 0. The Morgan fingerprint density at radius 2 is 1.21 bits per heavy atom. The summed E-state index contributed by atoms with van der Waals surface area (Å²) in [5.41, 5.74) is 16.1. The molecule has 58 heavy (non-hydrogen) atoms. The van der Waals surface area contributed by atoms with Gasteiger partial charge in [-0.15, -0.1) is 4.68 Å². The number of aryl methyl sites for hydroxylation is 2. The first-order valence-electron chi connectivity index (χ1n) is 21.3. The monoisotopic (exact) mass is 752 g/mol. The quantitative estimate of drug-likeness (QED) is 0.156. The molecule has 4 heterocycles. The standard InChI is InChI=1S/C54H48N4/c1-5-51-30-31-52(53(51,6-2)56-35-34-55(49-37(3)18-16-19-38(49)4)50(56)43-24-12-13-25-44(43)51)47-36-40(28-29-48(47)57-32-17-33-58(52)57)54(39-20-8-7-9-21-39)45-26-14-10-22-41(45)42-23-11-15-27-46(42)54/h7-29,32-36H,5-6,30-31H2,1-4H3/q+2. The van der Waals surface area contributed by atoms with Crippen LogP contribution in [0.3, 0.4) is 0 Å². The predicted molar refractivity (Wildman–Crippen MR) is 231 cm³/mol. The van der Waals surface area contributed by atoms with Crippen LogP contribution in [0.4, 0.5) is 0 Å². The van der Waals surface area contributed by atoms with Crippen molar-refractivity contribution >= 4 is 0 Å². The van der Waals surface area contributed by atoms with Gasteiger partial charge in [-0.25, -0.2) is 4.57 Å². The minimum atomic E-state index is -0.477. The number of para-hydroxylation sites is 1. The number of nitrogens with zero attached hydrogens (tertiary/aromatic N) is 4. The first-order valence-corrected chi connectivity index (χ1v) is 21.3. The summed E-state index contributed by atoms with van der Waals surface area (Å²) >= 11 is 0. The lowest BCUT2D eigenvalue weighted by Crippen LogP contribution is -2.80. The fourth-order valence-electron chi connectivity index (χ4n) is 13.5. The fraction of sp³-hybridized carbons (Fsp3) is 0.222. The van der Waals surface area contributed by atoms with Crippen LogP contribution in [0.2, 0.25) is 0 Å². The van der Waals surface area contributed by atoms with Gasteiger partial charge in [-0.1, -0.05) is 140 Å². The Morgan fingerprint density at radius 1 is 0.552 bits per heavy atom.